The van der Waals surface area contributed by atoms with E-state index in [-0.39, 0.29) is 5.54 Å². The molecule has 0 bridgehead atoms. The Morgan fingerprint density at radius 2 is 1.69 bits per heavy atom. The standard InChI is InChI=1S/C11H25NS/c1-7-9(2)13-10(3)8-12-11(4,5)6/h9-10,12H,7-8H2,1-6H3. The second-order valence-corrected chi connectivity index (χ2v) is 6.68. The van der Waals surface area contributed by atoms with E-state index in [1.165, 1.54) is 6.42 Å². The van der Waals surface area contributed by atoms with E-state index in [1.807, 2.05) is 0 Å². The van der Waals surface area contributed by atoms with E-state index in [4.69, 9.17) is 0 Å². The third-order valence-corrected chi connectivity index (χ3v) is 3.39. The van der Waals surface area contributed by atoms with E-state index in [0.717, 1.165) is 11.8 Å². The summed E-state index contributed by atoms with van der Waals surface area (Å²) in [5.41, 5.74) is 0.254. The molecule has 0 aliphatic rings. The average molecular weight is 203 g/mol. The SMILES string of the molecule is CCC(C)SC(C)CNC(C)(C)C. The van der Waals surface area contributed by atoms with Gasteiger partial charge in [-0.15, -0.1) is 0 Å². The lowest BCUT2D eigenvalue weighted by atomic mass is 10.1. The Labute approximate surface area is 88.1 Å². The number of nitrogens with one attached hydrogen (secondary N) is 1. The van der Waals surface area contributed by atoms with Crippen LogP contribution in [-0.4, -0.2) is 22.6 Å². The van der Waals surface area contributed by atoms with Crippen molar-refractivity contribution in [3.63, 3.8) is 0 Å². The van der Waals surface area contributed by atoms with Gasteiger partial charge in [-0.05, 0) is 27.2 Å². The molecule has 0 heterocycles. The van der Waals surface area contributed by atoms with E-state index in [9.17, 15) is 0 Å². The highest BCUT2D eigenvalue weighted by Gasteiger charge is 2.12. The second-order valence-electron chi connectivity index (χ2n) is 4.80. The molecule has 1 nitrogen and oxygen atoms in total. The Morgan fingerprint density at radius 1 is 1.15 bits per heavy atom. The number of rotatable bonds is 5. The maximum absolute atomic E-state index is 3.53. The molecule has 0 radical (unpaired) electrons. The highest BCUT2D eigenvalue weighted by molar-refractivity contribution is 8.00. The molecular weight excluding hydrogens is 178 g/mol. The van der Waals surface area contributed by atoms with Gasteiger partial charge in [-0.25, -0.2) is 0 Å². The third kappa shape index (κ3) is 8.63. The number of hydrogen-bond donors (Lipinski definition) is 1. The Bertz CT molecular complexity index is 129. The molecule has 0 aromatic rings. The molecule has 0 aliphatic carbocycles. The summed E-state index contributed by atoms with van der Waals surface area (Å²) < 4.78 is 0. The maximum Gasteiger partial charge on any atom is 0.0147 e. The first kappa shape index (κ1) is 13.3. The van der Waals surface area contributed by atoms with Gasteiger partial charge in [0, 0.05) is 22.6 Å². The first-order valence-corrected chi connectivity index (χ1v) is 6.20. The average Bonchev–Trinajstić information content (AvgIpc) is 1.99. The van der Waals surface area contributed by atoms with Crippen molar-refractivity contribution in [2.45, 2.75) is 64.0 Å². The van der Waals surface area contributed by atoms with Crippen molar-refractivity contribution in [1.82, 2.24) is 5.32 Å². The fourth-order valence-electron chi connectivity index (χ4n) is 0.991. The Morgan fingerprint density at radius 3 is 2.08 bits per heavy atom. The molecule has 1 N–H and O–H groups in total. The minimum absolute atomic E-state index is 0.254. The van der Waals surface area contributed by atoms with Crippen LogP contribution in [0.15, 0.2) is 0 Å². The van der Waals surface area contributed by atoms with Crippen molar-refractivity contribution in [2.24, 2.45) is 0 Å². The highest BCUT2D eigenvalue weighted by Crippen LogP contribution is 2.19. The van der Waals surface area contributed by atoms with Crippen LogP contribution >= 0.6 is 11.8 Å². The van der Waals surface area contributed by atoms with E-state index in [2.05, 4.69) is 58.6 Å². The van der Waals surface area contributed by atoms with Crippen LogP contribution in [-0.2, 0) is 0 Å². The van der Waals surface area contributed by atoms with Crippen molar-refractivity contribution in [3.8, 4) is 0 Å². The van der Waals surface area contributed by atoms with Crippen LogP contribution in [0, 0.1) is 0 Å². The monoisotopic (exact) mass is 203 g/mol. The van der Waals surface area contributed by atoms with Crippen LogP contribution in [0.5, 0.6) is 0 Å². The van der Waals surface area contributed by atoms with Crippen LogP contribution in [0.25, 0.3) is 0 Å². The predicted molar refractivity (Wildman–Crippen MR) is 64.6 cm³/mol. The molecule has 2 heteroatoms. The Balaban J connectivity index is 3.57. The molecular formula is C11H25NS. The largest absolute Gasteiger partial charge is 0.311 e. The van der Waals surface area contributed by atoms with Crippen molar-refractivity contribution in [3.05, 3.63) is 0 Å². The maximum atomic E-state index is 3.53. The summed E-state index contributed by atoms with van der Waals surface area (Å²) in [7, 11) is 0. The third-order valence-electron chi connectivity index (χ3n) is 1.96. The van der Waals surface area contributed by atoms with Crippen LogP contribution in [0.1, 0.15) is 48.0 Å². The van der Waals surface area contributed by atoms with Gasteiger partial charge in [-0.1, -0.05) is 20.8 Å². The normalized spacial score (nSPS) is 17.1. The Hall–Kier alpha value is 0.310. The highest BCUT2D eigenvalue weighted by atomic mass is 32.2. The molecule has 2 unspecified atom stereocenters. The summed E-state index contributed by atoms with van der Waals surface area (Å²) in [6.45, 7) is 14.6. The van der Waals surface area contributed by atoms with E-state index >= 15 is 0 Å². The van der Waals surface area contributed by atoms with Crippen molar-refractivity contribution in [2.75, 3.05) is 6.54 Å². The van der Waals surface area contributed by atoms with Gasteiger partial charge in [0.2, 0.25) is 0 Å². The molecule has 0 saturated heterocycles. The lowest BCUT2D eigenvalue weighted by molar-refractivity contribution is 0.429. The zero-order valence-corrected chi connectivity index (χ0v) is 10.8. The van der Waals surface area contributed by atoms with Crippen LogP contribution < -0.4 is 5.32 Å². The molecule has 0 amide bonds. The van der Waals surface area contributed by atoms with Crippen molar-refractivity contribution < 1.29 is 0 Å². The molecule has 0 spiro atoms. The topological polar surface area (TPSA) is 12.0 Å². The second kappa shape index (κ2) is 5.92. The zero-order valence-electron chi connectivity index (χ0n) is 9.98. The predicted octanol–water partition coefficient (Wildman–Crippen LogP) is 3.29. The lowest BCUT2D eigenvalue weighted by Crippen LogP contribution is -2.39. The smallest absolute Gasteiger partial charge is 0.0147 e. The summed E-state index contributed by atoms with van der Waals surface area (Å²) in [5, 5.41) is 5.04. The summed E-state index contributed by atoms with van der Waals surface area (Å²) in [5.74, 6) is 0. The van der Waals surface area contributed by atoms with Crippen molar-refractivity contribution >= 4 is 11.8 Å². The van der Waals surface area contributed by atoms with Gasteiger partial charge in [-0.2, -0.15) is 11.8 Å². The first-order chi connectivity index (χ1) is 5.85. The van der Waals surface area contributed by atoms with Crippen LogP contribution in [0.4, 0.5) is 0 Å². The molecule has 13 heavy (non-hydrogen) atoms. The van der Waals surface area contributed by atoms with Gasteiger partial charge in [0.05, 0.1) is 0 Å². The van der Waals surface area contributed by atoms with Gasteiger partial charge in [-0.3, -0.25) is 0 Å². The van der Waals surface area contributed by atoms with E-state index < -0.39 is 0 Å². The first-order valence-electron chi connectivity index (χ1n) is 5.25. The summed E-state index contributed by atoms with van der Waals surface area (Å²) in [4.78, 5) is 0. The quantitative estimate of drug-likeness (QED) is 0.736. The molecule has 0 aromatic heterocycles. The van der Waals surface area contributed by atoms with E-state index in [1.54, 1.807) is 0 Å². The fourth-order valence-corrected chi connectivity index (χ4v) is 2.16. The fraction of sp³-hybridized carbons (Fsp3) is 1.00. The molecule has 0 fully saturated rings. The molecule has 80 valence electrons. The Kier molecular flexibility index (Phi) is 6.06. The molecule has 0 aromatic carbocycles. The van der Waals surface area contributed by atoms with Gasteiger partial charge in [0.15, 0.2) is 0 Å². The molecule has 2 atom stereocenters. The van der Waals surface area contributed by atoms with Gasteiger partial charge in [0.25, 0.3) is 0 Å². The minimum Gasteiger partial charge on any atom is -0.311 e. The van der Waals surface area contributed by atoms with Crippen molar-refractivity contribution in [1.29, 1.82) is 0 Å². The minimum atomic E-state index is 0.254. The molecule has 0 rings (SSSR count). The van der Waals surface area contributed by atoms with Gasteiger partial charge in [0.1, 0.15) is 0 Å². The summed E-state index contributed by atoms with van der Waals surface area (Å²) in [6, 6.07) is 0. The van der Waals surface area contributed by atoms with Crippen LogP contribution in [0.2, 0.25) is 0 Å². The number of thioether (sulfide) groups is 1. The van der Waals surface area contributed by atoms with Gasteiger partial charge < -0.3 is 5.32 Å². The van der Waals surface area contributed by atoms with Gasteiger partial charge >= 0.3 is 0 Å². The summed E-state index contributed by atoms with van der Waals surface area (Å²) >= 11 is 2.08. The zero-order chi connectivity index (χ0) is 10.5. The molecule has 0 aliphatic heterocycles. The van der Waals surface area contributed by atoms with E-state index in [0.29, 0.717) is 5.25 Å². The van der Waals surface area contributed by atoms with Crippen LogP contribution in [0.3, 0.4) is 0 Å². The number of hydrogen-bond acceptors (Lipinski definition) is 2. The molecule has 0 saturated carbocycles. The lowest BCUT2D eigenvalue weighted by Gasteiger charge is -2.24. The summed E-state index contributed by atoms with van der Waals surface area (Å²) in [6.07, 6.45) is 1.27.